The smallest absolute Gasteiger partial charge is 0.328 e. The number of oxazole rings is 1. The second-order valence-electron chi connectivity index (χ2n) is 7.79. The van der Waals surface area contributed by atoms with Crippen molar-refractivity contribution in [3.63, 3.8) is 0 Å². The number of fused-ring (bicyclic) bond motifs is 3. The predicted octanol–water partition coefficient (Wildman–Crippen LogP) is 2.14. The third-order valence-electron chi connectivity index (χ3n) is 5.15. The zero-order chi connectivity index (χ0) is 23.1. The third-order valence-corrected chi connectivity index (χ3v) is 5.15. The van der Waals surface area contributed by atoms with Gasteiger partial charge in [-0.25, -0.2) is 23.9 Å². The molecule has 0 aliphatic carbocycles. The fourth-order valence-corrected chi connectivity index (χ4v) is 3.61. The predicted molar refractivity (Wildman–Crippen MR) is 120 cm³/mol. The van der Waals surface area contributed by atoms with Crippen LogP contribution in [0.1, 0.15) is 18.2 Å². The number of aromatic nitrogens is 5. The Labute approximate surface area is 187 Å². The quantitative estimate of drug-likeness (QED) is 0.419. The molecule has 1 aliphatic heterocycles. The Morgan fingerprint density at radius 3 is 2.82 bits per heavy atom. The van der Waals surface area contributed by atoms with Gasteiger partial charge < -0.3 is 25.1 Å². The van der Waals surface area contributed by atoms with E-state index < -0.39 is 0 Å². The summed E-state index contributed by atoms with van der Waals surface area (Å²) in [5.74, 6) is 0.358. The number of rotatable bonds is 2. The van der Waals surface area contributed by atoms with Crippen molar-refractivity contribution in [3.8, 4) is 6.01 Å². The largest absolute Gasteiger partial charge is 0.431 e. The van der Waals surface area contributed by atoms with Crippen LogP contribution in [0.3, 0.4) is 0 Å². The van der Waals surface area contributed by atoms with E-state index in [4.69, 9.17) is 9.15 Å². The zero-order valence-corrected chi connectivity index (χ0v) is 18.2. The van der Waals surface area contributed by atoms with E-state index in [9.17, 15) is 9.59 Å². The van der Waals surface area contributed by atoms with Gasteiger partial charge in [0.05, 0.1) is 30.6 Å². The fourth-order valence-electron chi connectivity index (χ4n) is 3.61. The Morgan fingerprint density at radius 2 is 2.06 bits per heavy atom. The Balaban J connectivity index is 1.70. The highest BCUT2D eigenvalue weighted by atomic mass is 16.5. The second kappa shape index (κ2) is 8.06. The van der Waals surface area contributed by atoms with Crippen LogP contribution in [0.25, 0.3) is 17.2 Å². The molecule has 0 spiro atoms. The molecule has 0 unspecified atom stereocenters. The summed E-state index contributed by atoms with van der Waals surface area (Å²) in [6.07, 6.45) is 4.51. The van der Waals surface area contributed by atoms with E-state index in [1.54, 1.807) is 32.3 Å². The SMILES string of the molecule is CNc1cc2nc3c1ncn3C(=O)N[C@H](C)COCc1cc(c(=O)n(-c3nc(C)co3)c1)N2. The third kappa shape index (κ3) is 3.80. The maximum Gasteiger partial charge on any atom is 0.328 e. The van der Waals surface area contributed by atoms with Gasteiger partial charge in [-0.05, 0) is 25.5 Å². The van der Waals surface area contributed by atoms with Crippen molar-refractivity contribution in [2.75, 3.05) is 24.3 Å². The molecule has 0 fully saturated rings. The van der Waals surface area contributed by atoms with Gasteiger partial charge in [-0.1, -0.05) is 0 Å². The van der Waals surface area contributed by atoms with Crippen LogP contribution in [-0.4, -0.2) is 49.8 Å². The van der Waals surface area contributed by atoms with Gasteiger partial charge in [-0.3, -0.25) is 4.79 Å². The molecule has 170 valence electrons. The molecule has 12 heteroatoms. The Hall–Kier alpha value is -4.19. The van der Waals surface area contributed by atoms with Crippen LogP contribution in [0.2, 0.25) is 0 Å². The minimum absolute atomic E-state index is 0.154. The number of aryl methyl sites for hydroxylation is 1. The Morgan fingerprint density at radius 1 is 1.21 bits per heavy atom. The first-order valence-corrected chi connectivity index (χ1v) is 10.3. The molecule has 5 heterocycles. The number of nitrogens with one attached hydrogen (secondary N) is 3. The molecular weight excluding hydrogens is 428 g/mol. The molecular formula is C21H22N8O4. The molecule has 5 rings (SSSR count). The van der Waals surface area contributed by atoms with E-state index in [0.717, 1.165) is 0 Å². The summed E-state index contributed by atoms with van der Waals surface area (Å²) in [4.78, 5) is 39.2. The minimum atomic E-state index is -0.377. The lowest BCUT2D eigenvalue weighted by Gasteiger charge is -2.17. The fraction of sp³-hybridized carbons (Fsp3) is 0.286. The lowest BCUT2D eigenvalue weighted by atomic mass is 10.2. The average molecular weight is 450 g/mol. The zero-order valence-electron chi connectivity index (χ0n) is 18.2. The van der Waals surface area contributed by atoms with Crippen molar-refractivity contribution in [1.82, 2.24) is 29.4 Å². The highest BCUT2D eigenvalue weighted by molar-refractivity contribution is 5.94. The summed E-state index contributed by atoms with van der Waals surface area (Å²) < 4.78 is 13.9. The number of hydrogen-bond donors (Lipinski definition) is 3. The minimum Gasteiger partial charge on any atom is -0.431 e. The maximum atomic E-state index is 13.3. The van der Waals surface area contributed by atoms with Gasteiger partial charge in [0.15, 0.2) is 5.65 Å². The number of imidazole rings is 1. The van der Waals surface area contributed by atoms with Crippen LogP contribution in [-0.2, 0) is 11.3 Å². The summed E-state index contributed by atoms with van der Waals surface area (Å²) in [5.41, 5.74) is 2.75. The topological polar surface area (TPSA) is 141 Å². The van der Waals surface area contributed by atoms with Crippen LogP contribution in [0.4, 0.5) is 22.0 Å². The highest BCUT2D eigenvalue weighted by Crippen LogP contribution is 2.26. The standard InChI is InChI=1S/C21H22N8O4/c1-11-7-32-9-13-4-15(19(30)28(6-13)21-25-12(2)8-33-21)26-16-5-14(22-3)17-18(27-16)29(10-23-17)20(31)24-11/h4-6,8,10-11H,7,9H2,1-3H3,(H,24,31)(H2,22,26,27)/t11-/m1/s1. The number of hydrogen-bond acceptors (Lipinski definition) is 9. The Bertz CT molecular complexity index is 1420. The number of pyridine rings is 2. The van der Waals surface area contributed by atoms with E-state index >= 15 is 0 Å². The van der Waals surface area contributed by atoms with E-state index in [1.807, 2.05) is 6.92 Å². The van der Waals surface area contributed by atoms with Crippen LogP contribution >= 0.6 is 0 Å². The average Bonchev–Trinajstić information content (AvgIpc) is 3.41. The van der Waals surface area contributed by atoms with Gasteiger partial charge in [-0.15, -0.1) is 0 Å². The van der Waals surface area contributed by atoms with Crippen LogP contribution < -0.4 is 21.5 Å². The number of nitrogens with zero attached hydrogens (tertiary/aromatic N) is 5. The molecule has 3 N–H and O–H groups in total. The van der Waals surface area contributed by atoms with Gasteiger partial charge >= 0.3 is 12.0 Å². The molecule has 0 saturated heterocycles. The van der Waals surface area contributed by atoms with Crippen LogP contribution in [0.15, 0.2) is 40.1 Å². The van der Waals surface area contributed by atoms with Gasteiger partial charge in [0, 0.05) is 19.3 Å². The van der Waals surface area contributed by atoms with E-state index in [1.165, 1.54) is 21.7 Å². The first-order valence-electron chi connectivity index (χ1n) is 10.3. The lowest BCUT2D eigenvalue weighted by Crippen LogP contribution is -2.38. The molecule has 0 radical (unpaired) electrons. The molecule has 1 amide bonds. The summed E-state index contributed by atoms with van der Waals surface area (Å²) in [5, 5.41) is 9.02. The van der Waals surface area contributed by atoms with Crippen molar-refractivity contribution in [2.24, 2.45) is 0 Å². The highest BCUT2D eigenvalue weighted by Gasteiger charge is 2.19. The number of carbonyl (C=O) groups is 1. The monoisotopic (exact) mass is 450 g/mol. The van der Waals surface area contributed by atoms with Crippen LogP contribution in [0, 0.1) is 6.92 Å². The molecule has 4 aromatic rings. The van der Waals surface area contributed by atoms with Crippen molar-refractivity contribution in [2.45, 2.75) is 26.5 Å². The molecule has 0 saturated carbocycles. The van der Waals surface area contributed by atoms with E-state index in [2.05, 4.69) is 30.9 Å². The van der Waals surface area contributed by atoms with Crippen molar-refractivity contribution < 1.29 is 13.9 Å². The van der Waals surface area contributed by atoms with Gasteiger partial charge in [0.1, 0.15) is 29.6 Å². The number of ether oxygens (including phenoxy) is 1. The molecule has 1 aliphatic rings. The first kappa shape index (κ1) is 20.7. The number of carbonyl (C=O) groups excluding carboxylic acids is 1. The first-order chi connectivity index (χ1) is 15.9. The van der Waals surface area contributed by atoms with E-state index in [-0.39, 0.29) is 42.5 Å². The molecule has 1 atom stereocenters. The number of anilines is 3. The molecule has 12 nitrogen and oxygen atoms in total. The second-order valence-corrected chi connectivity index (χ2v) is 7.79. The Kier molecular flexibility index (Phi) is 5.05. The van der Waals surface area contributed by atoms with E-state index in [0.29, 0.717) is 33.9 Å². The van der Waals surface area contributed by atoms with Crippen LogP contribution in [0.5, 0.6) is 0 Å². The van der Waals surface area contributed by atoms with Crippen molar-refractivity contribution in [1.29, 1.82) is 0 Å². The molecule has 4 bridgehead atoms. The van der Waals surface area contributed by atoms with Crippen molar-refractivity contribution in [3.05, 3.63) is 52.5 Å². The molecule has 0 aromatic carbocycles. The van der Waals surface area contributed by atoms with Gasteiger partial charge in [0.25, 0.3) is 5.56 Å². The van der Waals surface area contributed by atoms with Gasteiger partial charge in [-0.2, -0.15) is 4.98 Å². The summed E-state index contributed by atoms with van der Waals surface area (Å²) in [7, 11) is 1.74. The van der Waals surface area contributed by atoms with Gasteiger partial charge in [0.2, 0.25) is 0 Å². The summed E-state index contributed by atoms with van der Waals surface area (Å²) in [6, 6.07) is 2.92. The molecule has 33 heavy (non-hydrogen) atoms. The lowest BCUT2D eigenvalue weighted by molar-refractivity contribution is 0.104. The summed E-state index contributed by atoms with van der Waals surface area (Å²) in [6.45, 7) is 4.09. The van der Waals surface area contributed by atoms with Crippen molar-refractivity contribution >= 4 is 34.4 Å². The summed E-state index contributed by atoms with van der Waals surface area (Å²) >= 11 is 0. The normalized spacial score (nSPS) is 16.3. The molecule has 4 aromatic heterocycles. The maximum absolute atomic E-state index is 13.3. The number of amides is 1.